The van der Waals surface area contributed by atoms with Crippen molar-refractivity contribution >= 4 is 28.5 Å². The highest BCUT2D eigenvalue weighted by molar-refractivity contribution is 7.99. The fraction of sp³-hybridized carbons (Fsp3) is 0.118. The summed E-state index contributed by atoms with van der Waals surface area (Å²) < 4.78 is 0. The number of nitrogens with two attached hydrogens (primary N) is 1. The summed E-state index contributed by atoms with van der Waals surface area (Å²) in [6.45, 7) is 1.98. The number of rotatable bonds is 3. The molecule has 0 saturated carbocycles. The number of aromatic nitrogens is 2. The molecule has 0 unspecified atom stereocenters. The summed E-state index contributed by atoms with van der Waals surface area (Å²) in [5.74, 6) is 0.920. The maximum absolute atomic E-state index is 9.64. The van der Waals surface area contributed by atoms with Gasteiger partial charge in [0.05, 0.1) is 5.56 Å². The van der Waals surface area contributed by atoms with E-state index in [0.717, 1.165) is 22.2 Å². The number of aromatic amines is 1. The molecule has 2 heterocycles. The molecule has 23 heavy (non-hydrogen) atoms. The molecule has 0 spiro atoms. The highest BCUT2D eigenvalue weighted by Crippen LogP contribution is 2.38. The minimum atomic E-state index is 0.155. The molecule has 0 aliphatic heterocycles. The second-order valence-corrected chi connectivity index (χ2v) is 6.08. The van der Waals surface area contributed by atoms with Crippen LogP contribution in [0, 0.1) is 22.7 Å². The van der Waals surface area contributed by atoms with Crippen LogP contribution in [0.25, 0.3) is 22.0 Å². The van der Waals surface area contributed by atoms with Crippen LogP contribution in [0.4, 0.5) is 5.82 Å². The molecule has 3 N–H and O–H groups in total. The van der Waals surface area contributed by atoms with Gasteiger partial charge >= 0.3 is 0 Å². The van der Waals surface area contributed by atoms with Crippen molar-refractivity contribution in [2.75, 3.05) is 11.5 Å². The molecular weight excluding hydrogens is 306 g/mol. The lowest BCUT2D eigenvalue weighted by atomic mass is 9.96. The molecule has 0 fully saturated rings. The van der Waals surface area contributed by atoms with Crippen LogP contribution in [0.15, 0.2) is 35.5 Å². The van der Waals surface area contributed by atoms with Crippen molar-refractivity contribution in [1.29, 1.82) is 10.5 Å². The van der Waals surface area contributed by atoms with Gasteiger partial charge in [0.1, 0.15) is 28.5 Å². The number of nitrogens with one attached hydrogen (secondary N) is 1. The first-order valence-electron chi connectivity index (χ1n) is 7.04. The van der Waals surface area contributed by atoms with Crippen molar-refractivity contribution in [2.45, 2.75) is 11.9 Å². The summed E-state index contributed by atoms with van der Waals surface area (Å²) in [5.41, 5.74) is 8.89. The van der Waals surface area contributed by atoms with Gasteiger partial charge in [0.2, 0.25) is 0 Å². The molecule has 0 aliphatic carbocycles. The summed E-state index contributed by atoms with van der Waals surface area (Å²) in [5, 5.41) is 20.7. The zero-order chi connectivity index (χ0) is 16.4. The van der Waals surface area contributed by atoms with E-state index in [1.54, 1.807) is 0 Å². The largest absolute Gasteiger partial charge is 0.383 e. The molecule has 6 heteroatoms. The van der Waals surface area contributed by atoms with E-state index >= 15 is 0 Å². The standard InChI is InChI=1S/C17H13N5S/c1-2-23-17-12(8-19)15(11(7-18)16(20)22-17)13-9-21-14-6-4-3-5-10(13)14/h3-6,9,21H,2H2,1H3,(H2,20,22). The maximum atomic E-state index is 9.64. The van der Waals surface area contributed by atoms with E-state index in [0.29, 0.717) is 16.2 Å². The Bertz CT molecular complexity index is 975. The molecule has 0 saturated heterocycles. The minimum Gasteiger partial charge on any atom is -0.383 e. The number of anilines is 1. The van der Waals surface area contributed by atoms with Crippen LogP contribution in [0.2, 0.25) is 0 Å². The van der Waals surface area contributed by atoms with E-state index in [-0.39, 0.29) is 11.4 Å². The number of fused-ring (bicyclic) bond motifs is 1. The Kier molecular flexibility index (Phi) is 3.92. The zero-order valence-corrected chi connectivity index (χ0v) is 13.2. The van der Waals surface area contributed by atoms with Crippen LogP contribution in [0.3, 0.4) is 0 Å². The normalized spacial score (nSPS) is 10.4. The van der Waals surface area contributed by atoms with E-state index in [9.17, 15) is 10.5 Å². The fourth-order valence-corrected chi connectivity index (χ4v) is 3.32. The van der Waals surface area contributed by atoms with Crippen molar-refractivity contribution in [2.24, 2.45) is 0 Å². The van der Waals surface area contributed by atoms with E-state index in [4.69, 9.17) is 5.73 Å². The van der Waals surface area contributed by atoms with Gasteiger partial charge in [-0.25, -0.2) is 4.98 Å². The van der Waals surface area contributed by atoms with Gasteiger partial charge in [-0.05, 0) is 11.8 Å². The van der Waals surface area contributed by atoms with E-state index in [1.807, 2.05) is 37.4 Å². The molecule has 0 radical (unpaired) electrons. The first kappa shape index (κ1) is 15.0. The van der Waals surface area contributed by atoms with Crippen molar-refractivity contribution in [3.05, 3.63) is 41.6 Å². The predicted molar refractivity (Wildman–Crippen MR) is 91.8 cm³/mol. The molecule has 3 aromatic rings. The van der Waals surface area contributed by atoms with Gasteiger partial charge in [0, 0.05) is 28.2 Å². The topological polar surface area (TPSA) is 102 Å². The minimum absolute atomic E-state index is 0.155. The Hall–Kier alpha value is -2.96. The van der Waals surface area contributed by atoms with Crippen LogP contribution in [0.1, 0.15) is 18.1 Å². The Morgan fingerprint density at radius 3 is 2.65 bits per heavy atom. The van der Waals surface area contributed by atoms with Gasteiger partial charge in [-0.1, -0.05) is 25.1 Å². The molecule has 0 atom stereocenters. The van der Waals surface area contributed by atoms with Crippen LogP contribution in [-0.4, -0.2) is 15.7 Å². The molecule has 3 rings (SSSR count). The number of pyridine rings is 1. The average molecular weight is 319 g/mol. The van der Waals surface area contributed by atoms with E-state index in [1.165, 1.54) is 11.8 Å². The fourth-order valence-electron chi connectivity index (χ4n) is 2.59. The third-order valence-electron chi connectivity index (χ3n) is 3.56. The Morgan fingerprint density at radius 2 is 1.96 bits per heavy atom. The summed E-state index contributed by atoms with van der Waals surface area (Å²) >= 11 is 1.44. The molecule has 5 nitrogen and oxygen atoms in total. The maximum Gasteiger partial charge on any atom is 0.143 e. The summed E-state index contributed by atoms with van der Waals surface area (Å²) in [7, 11) is 0. The number of nitriles is 2. The van der Waals surface area contributed by atoms with Gasteiger partial charge in [0.15, 0.2) is 0 Å². The number of hydrogen-bond donors (Lipinski definition) is 2. The molecule has 0 bridgehead atoms. The number of nitrogen functional groups attached to an aromatic ring is 1. The van der Waals surface area contributed by atoms with E-state index < -0.39 is 0 Å². The summed E-state index contributed by atoms with van der Waals surface area (Å²) in [6, 6.07) is 12.0. The zero-order valence-electron chi connectivity index (χ0n) is 12.4. The van der Waals surface area contributed by atoms with Gasteiger partial charge in [-0.3, -0.25) is 0 Å². The average Bonchev–Trinajstić information content (AvgIpc) is 2.98. The number of H-pyrrole nitrogens is 1. The lowest BCUT2D eigenvalue weighted by Crippen LogP contribution is -2.03. The van der Waals surface area contributed by atoms with Crippen molar-refractivity contribution in [1.82, 2.24) is 9.97 Å². The predicted octanol–water partition coefficient (Wildman–Crippen LogP) is 3.67. The quantitative estimate of drug-likeness (QED) is 0.717. The third-order valence-corrected chi connectivity index (χ3v) is 4.41. The van der Waals surface area contributed by atoms with E-state index in [2.05, 4.69) is 22.1 Å². The number of para-hydroxylation sites is 1. The van der Waals surface area contributed by atoms with Gasteiger partial charge in [0.25, 0.3) is 0 Å². The summed E-state index contributed by atoms with van der Waals surface area (Å²) in [6.07, 6.45) is 1.81. The highest BCUT2D eigenvalue weighted by Gasteiger charge is 2.22. The molecule has 112 valence electrons. The SMILES string of the molecule is CCSc1nc(N)c(C#N)c(-c2c[nH]c3ccccc23)c1C#N. The third kappa shape index (κ3) is 2.40. The lowest BCUT2D eigenvalue weighted by Gasteiger charge is -2.11. The molecule has 0 amide bonds. The smallest absolute Gasteiger partial charge is 0.143 e. The molecule has 1 aromatic carbocycles. The Morgan fingerprint density at radius 1 is 1.22 bits per heavy atom. The first-order chi connectivity index (χ1) is 11.2. The number of thioether (sulfide) groups is 1. The van der Waals surface area contributed by atoms with Crippen molar-refractivity contribution in [3.63, 3.8) is 0 Å². The van der Waals surface area contributed by atoms with Crippen LogP contribution >= 0.6 is 11.8 Å². The molecular formula is C17H13N5S. The van der Waals surface area contributed by atoms with Gasteiger partial charge < -0.3 is 10.7 Å². The lowest BCUT2D eigenvalue weighted by molar-refractivity contribution is 1.11. The molecule has 2 aromatic heterocycles. The second-order valence-electron chi connectivity index (χ2n) is 4.83. The monoisotopic (exact) mass is 319 g/mol. The van der Waals surface area contributed by atoms with Crippen LogP contribution in [0.5, 0.6) is 0 Å². The number of nitrogens with zero attached hydrogens (tertiary/aromatic N) is 3. The van der Waals surface area contributed by atoms with Crippen LogP contribution < -0.4 is 5.73 Å². The van der Waals surface area contributed by atoms with Crippen LogP contribution in [-0.2, 0) is 0 Å². The Balaban J connectivity index is 2.42. The summed E-state index contributed by atoms with van der Waals surface area (Å²) in [4.78, 5) is 7.41. The van der Waals surface area contributed by atoms with Gasteiger partial charge in [-0.15, -0.1) is 11.8 Å². The highest BCUT2D eigenvalue weighted by atomic mass is 32.2. The first-order valence-corrected chi connectivity index (χ1v) is 8.02. The molecule has 0 aliphatic rings. The van der Waals surface area contributed by atoms with Crippen molar-refractivity contribution < 1.29 is 0 Å². The van der Waals surface area contributed by atoms with Crippen molar-refractivity contribution in [3.8, 4) is 23.3 Å². The van der Waals surface area contributed by atoms with Gasteiger partial charge in [-0.2, -0.15) is 10.5 Å². The Labute approximate surface area is 137 Å². The second kappa shape index (κ2) is 6.04. The number of benzene rings is 1. The number of hydrogen-bond acceptors (Lipinski definition) is 5.